The first-order valence-electron chi connectivity index (χ1n) is 13.7. The number of fused-ring (bicyclic) bond motifs is 2. The zero-order chi connectivity index (χ0) is 30.3. The van der Waals surface area contributed by atoms with E-state index in [-0.39, 0.29) is 53.6 Å². The van der Waals surface area contributed by atoms with E-state index < -0.39 is 17.5 Å². The fraction of sp³-hybridized carbons (Fsp3) is 0.323. The van der Waals surface area contributed by atoms with Crippen LogP contribution in [0.25, 0.3) is 0 Å². The van der Waals surface area contributed by atoms with Gasteiger partial charge in [-0.2, -0.15) is 0 Å². The number of hydrogen-bond acceptors (Lipinski definition) is 6. The average Bonchev–Trinajstić information content (AvgIpc) is 3.50. The minimum atomic E-state index is -0.953. The molecule has 3 aromatic carbocycles. The summed E-state index contributed by atoms with van der Waals surface area (Å²) in [7, 11) is 1.55. The first kappa shape index (κ1) is 29.1. The normalized spacial score (nSPS) is 23.3. The molecule has 12 heteroatoms. The van der Waals surface area contributed by atoms with Gasteiger partial charge >= 0.3 is 0 Å². The van der Waals surface area contributed by atoms with Crippen molar-refractivity contribution in [3.05, 3.63) is 82.1 Å². The van der Waals surface area contributed by atoms with Crippen LogP contribution in [0, 0.1) is 11.7 Å². The molecule has 7 rings (SSSR count). The Kier molecular flexibility index (Phi) is 7.83. The molecule has 2 atom stereocenters. The Bertz CT molecular complexity index is 1580. The molecule has 0 saturated heterocycles. The minimum absolute atomic E-state index is 0.00760. The van der Waals surface area contributed by atoms with Crippen molar-refractivity contribution < 1.29 is 33.0 Å². The summed E-state index contributed by atoms with van der Waals surface area (Å²) >= 11 is 11.9. The Labute approximate surface area is 257 Å². The monoisotopic (exact) mass is 627 g/mol. The average molecular weight is 628 g/mol. The van der Waals surface area contributed by atoms with Crippen molar-refractivity contribution >= 4 is 46.6 Å². The maximum Gasteiger partial charge on any atom is 0.263 e. The van der Waals surface area contributed by atoms with E-state index in [2.05, 4.69) is 10.6 Å². The van der Waals surface area contributed by atoms with Gasteiger partial charge in [-0.1, -0.05) is 23.2 Å². The van der Waals surface area contributed by atoms with Crippen LogP contribution < -0.4 is 29.7 Å². The smallest absolute Gasteiger partial charge is 0.263 e. The molecule has 1 aliphatic heterocycles. The van der Waals surface area contributed by atoms with Crippen molar-refractivity contribution in [2.24, 2.45) is 5.92 Å². The van der Waals surface area contributed by atoms with Crippen LogP contribution in [0.1, 0.15) is 29.6 Å². The van der Waals surface area contributed by atoms with Gasteiger partial charge in [-0.3, -0.25) is 14.4 Å². The zero-order valence-corrected chi connectivity index (χ0v) is 24.6. The van der Waals surface area contributed by atoms with E-state index in [9.17, 15) is 18.8 Å². The summed E-state index contributed by atoms with van der Waals surface area (Å²) in [6.45, 7) is -0.284. The number of carbonyl (C=O) groups is 3. The topological polar surface area (TPSA) is 106 Å². The lowest BCUT2D eigenvalue weighted by Gasteiger charge is -2.41. The second-order valence-electron chi connectivity index (χ2n) is 11.0. The van der Waals surface area contributed by atoms with Crippen molar-refractivity contribution in [3.8, 4) is 17.2 Å². The molecule has 3 aliphatic carbocycles. The summed E-state index contributed by atoms with van der Waals surface area (Å²) < 4.78 is 30.3. The Morgan fingerprint density at radius 2 is 1.77 bits per heavy atom. The predicted octanol–water partition coefficient (Wildman–Crippen LogP) is 4.78. The van der Waals surface area contributed by atoms with E-state index in [4.69, 9.17) is 37.4 Å². The molecule has 2 unspecified atom stereocenters. The van der Waals surface area contributed by atoms with Crippen LogP contribution in [-0.2, 0) is 9.59 Å². The van der Waals surface area contributed by atoms with Crippen LogP contribution in [0.3, 0.4) is 0 Å². The van der Waals surface area contributed by atoms with E-state index >= 15 is 0 Å². The molecule has 2 N–H and O–H groups in total. The van der Waals surface area contributed by atoms with Crippen LogP contribution in [0.2, 0.25) is 10.0 Å². The highest BCUT2D eigenvalue weighted by Crippen LogP contribution is 2.52. The van der Waals surface area contributed by atoms with Gasteiger partial charge in [0.25, 0.3) is 17.7 Å². The molecule has 3 aromatic rings. The van der Waals surface area contributed by atoms with Crippen molar-refractivity contribution in [2.45, 2.75) is 36.9 Å². The van der Waals surface area contributed by atoms with Gasteiger partial charge in [0, 0.05) is 28.2 Å². The first-order chi connectivity index (χ1) is 20.6. The number of nitrogens with zero attached hydrogens (tertiary/aromatic N) is 1. The van der Waals surface area contributed by atoms with E-state index in [0.717, 1.165) is 6.07 Å². The molecule has 4 aliphatic rings. The number of methoxy groups -OCH3 is 1. The third-order valence-corrected chi connectivity index (χ3v) is 8.73. The molecule has 1 heterocycles. The van der Waals surface area contributed by atoms with Gasteiger partial charge < -0.3 is 29.7 Å². The second-order valence-corrected chi connectivity index (χ2v) is 11.9. The van der Waals surface area contributed by atoms with Crippen LogP contribution in [-0.4, -0.2) is 55.7 Å². The minimum Gasteiger partial charge on any atom is -0.497 e. The molecule has 3 fully saturated rings. The molecular formula is C31H28Cl2FN3O6. The summed E-state index contributed by atoms with van der Waals surface area (Å²) in [5.41, 5.74) is 0.424. The molecule has 0 radical (unpaired) electrons. The van der Waals surface area contributed by atoms with Crippen molar-refractivity contribution in [1.29, 1.82) is 0 Å². The number of amides is 3. The number of benzene rings is 3. The Morgan fingerprint density at radius 3 is 2.49 bits per heavy atom. The van der Waals surface area contributed by atoms with E-state index in [1.165, 1.54) is 17.0 Å². The zero-order valence-electron chi connectivity index (χ0n) is 23.1. The molecule has 3 amide bonds. The third-order valence-electron chi connectivity index (χ3n) is 8.19. The van der Waals surface area contributed by atoms with Gasteiger partial charge in [0.05, 0.1) is 24.4 Å². The fourth-order valence-electron chi connectivity index (χ4n) is 6.08. The summed E-state index contributed by atoms with van der Waals surface area (Å²) in [4.78, 5) is 41.1. The Morgan fingerprint density at radius 1 is 1.02 bits per heavy atom. The number of halogens is 3. The number of hydrogen-bond donors (Lipinski definition) is 2. The number of nitrogens with one attached hydrogen (secondary N) is 2. The Hall–Kier alpha value is -4.02. The summed E-state index contributed by atoms with van der Waals surface area (Å²) in [6, 6.07) is 15.5. The SMILES string of the molecule is COc1ccc(C(=O)N2CC(C(=O)NC34CC(C3)C(NC(=O)COc3ccc(Cl)c(F)c3)C4)Oc3ccc(Cl)cc32)cc1. The highest BCUT2D eigenvalue weighted by atomic mass is 35.5. The van der Waals surface area contributed by atoms with Gasteiger partial charge in [0.15, 0.2) is 12.7 Å². The maximum atomic E-state index is 13.6. The lowest BCUT2D eigenvalue weighted by atomic mass is 9.76. The lowest BCUT2D eigenvalue weighted by molar-refractivity contribution is -0.130. The second kappa shape index (κ2) is 11.6. The predicted molar refractivity (Wildman–Crippen MR) is 158 cm³/mol. The van der Waals surface area contributed by atoms with Gasteiger partial charge in [-0.05, 0) is 79.8 Å². The van der Waals surface area contributed by atoms with Crippen molar-refractivity contribution in [2.75, 3.05) is 25.2 Å². The van der Waals surface area contributed by atoms with Crippen LogP contribution in [0.4, 0.5) is 10.1 Å². The molecule has 2 bridgehead atoms. The number of ether oxygens (including phenoxy) is 3. The summed E-state index contributed by atoms with van der Waals surface area (Å²) in [6.07, 6.45) is 1.02. The fourth-order valence-corrected chi connectivity index (χ4v) is 6.37. The largest absolute Gasteiger partial charge is 0.497 e. The summed E-state index contributed by atoms with van der Waals surface area (Å²) in [5.74, 6) is -0.211. The molecule has 9 nitrogen and oxygen atoms in total. The van der Waals surface area contributed by atoms with Crippen LogP contribution in [0.15, 0.2) is 60.7 Å². The van der Waals surface area contributed by atoms with E-state index in [0.29, 0.717) is 47.0 Å². The van der Waals surface area contributed by atoms with Crippen LogP contribution in [0.5, 0.6) is 17.2 Å². The van der Waals surface area contributed by atoms with Crippen molar-refractivity contribution in [3.63, 3.8) is 0 Å². The molecule has 224 valence electrons. The quantitative estimate of drug-likeness (QED) is 0.372. The first-order valence-corrected chi connectivity index (χ1v) is 14.5. The Balaban J connectivity index is 1.08. The highest BCUT2D eigenvalue weighted by Gasteiger charge is 2.57. The van der Waals surface area contributed by atoms with Gasteiger partial charge in [0.2, 0.25) is 0 Å². The lowest BCUT2D eigenvalue weighted by Crippen LogP contribution is -2.58. The standard InChI is InChI=1S/C31H28Cl2FN3O6/c1-41-20-5-2-17(3-6-20)30(40)37-15-27(43-26-9-4-19(32)10-25(26)37)29(39)36-31-12-18(13-31)24(14-31)35-28(38)16-42-21-7-8-22(33)23(34)11-21/h2-11,18,24,27H,12-16H2,1H3,(H,35,38)(H,36,39). The van der Waals surface area contributed by atoms with Crippen LogP contribution >= 0.6 is 23.2 Å². The van der Waals surface area contributed by atoms with Gasteiger partial charge in [-0.25, -0.2) is 4.39 Å². The van der Waals surface area contributed by atoms with Gasteiger partial charge in [-0.15, -0.1) is 0 Å². The number of anilines is 1. The third kappa shape index (κ3) is 5.94. The molecule has 0 aromatic heterocycles. The molecular weight excluding hydrogens is 600 g/mol. The van der Waals surface area contributed by atoms with E-state index in [1.54, 1.807) is 49.6 Å². The van der Waals surface area contributed by atoms with Crippen molar-refractivity contribution in [1.82, 2.24) is 10.6 Å². The summed E-state index contributed by atoms with van der Waals surface area (Å²) in [5, 5.41) is 6.51. The molecule has 0 spiro atoms. The number of carbonyl (C=O) groups excluding carboxylic acids is 3. The number of rotatable bonds is 8. The highest BCUT2D eigenvalue weighted by molar-refractivity contribution is 6.31. The van der Waals surface area contributed by atoms with E-state index in [1.807, 2.05) is 0 Å². The molecule has 3 saturated carbocycles. The molecule has 43 heavy (non-hydrogen) atoms. The van der Waals surface area contributed by atoms with Gasteiger partial charge in [0.1, 0.15) is 23.1 Å². The maximum absolute atomic E-state index is 13.6.